The van der Waals surface area contributed by atoms with Crippen LogP contribution in [0.5, 0.6) is 5.75 Å². The molecular weight excluding hydrogens is 328 g/mol. The quantitative estimate of drug-likeness (QED) is 0.628. The Hall–Kier alpha value is -3.67. The largest absolute Gasteiger partial charge is 0.465 e. The zero-order chi connectivity index (χ0) is 17.8. The lowest BCUT2D eigenvalue weighted by molar-refractivity contribution is -0.116. The monoisotopic (exact) mass is 342 g/mol. The van der Waals surface area contributed by atoms with Crippen molar-refractivity contribution in [3.63, 3.8) is 0 Å². The van der Waals surface area contributed by atoms with Crippen molar-refractivity contribution in [3.8, 4) is 5.75 Å². The van der Waals surface area contributed by atoms with Gasteiger partial charge in [-0.3, -0.25) is 4.79 Å². The number of para-hydroxylation sites is 1. The van der Waals surface area contributed by atoms with E-state index in [1.807, 2.05) is 48.5 Å². The normalized spacial score (nSPS) is 19.0. The number of ether oxygens (including phenoxy) is 1. The third-order valence-electron chi connectivity index (χ3n) is 3.83. The summed E-state index contributed by atoms with van der Waals surface area (Å²) in [7, 11) is 0. The van der Waals surface area contributed by atoms with Gasteiger partial charge in [0.2, 0.25) is 5.91 Å². The Balaban J connectivity index is 1.99. The Morgan fingerprint density at radius 2 is 1.96 bits per heavy atom. The Morgan fingerprint density at radius 1 is 1.04 bits per heavy atom. The van der Waals surface area contributed by atoms with Crippen LogP contribution in [0, 0.1) is 0 Å². The first kappa shape index (κ1) is 15.8. The minimum atomic E-state index is -0.246. The number of carbonyl (C=O) groups excluding carboxylic acids is 1. The van der Waals surface area contributed by atoms with E-state index in [1.165, 1.54) is 18.8 Å². The maximum absolute atomic E-state index is 11.9. The van der Waals surface area contributed by atoms with Gasteiger partial charge in [0.1, 0.15) is 12.1 Å². The fraction of sp³-hybridized carbons (Fsp3) is 0.0500. The van der Waals surface area contributed by atoms with Gasteiger partial charge in [-0.15, -0.1) is 0 Å². The van der Waals surface area contributed by atoms with Gasteiger partial charge in [-0.1, -0.05) is 24.3 Å². The number of aromatic nitrogens is 2. The second-order valence-electron chi connectivity index (χ2n) is 5.57. The number of hydrogen-bond donors (Lipinski definition) is 0. The van der Waals surface area contributed by atoms with Crippen LogP contribution in [0.25, 0.3) is 17.0 Å². The topological polar surface area (TPSA) is 76.8 Å². The number of nitrogens with zero attached hydrogens (tertiary/aromatic N) is 4. The Morgan fingerprint density at radius 3 is 2.92 bits per heavy atom. The number of allylic oxidation sites excluding steroid dienone is 1. The molecule has 0 aliphatic carbocycles. The van der Waals surface area contributed by atoms with E-state index in [0.29, 0.717) is 11.6 Å². The smallest absolute Gasteiger partial charge is 0.249 e. The van der Waals surface area contributed by atoms with Crippen molar-refractivity contribution >= 4 is 34.9 Å². The summed E-state index contributed by atoms with van der Waals surface area (Å²) < 4.78 is 5.56. The average Bonchev–Trinajstić information content (AvgIpc) is 2.67. The van der Waals surface area contributed by atoms with E-state index in [4.69, 9.17) is 4.74 Å². The molecule has 6 nitrogen and oxygen atoms in total. The molecule has 0 N–H and O–H groups in total. The highest BCUT2D eigenvalue weighted by Gasteiger charge is 2.05. The van der Waals surface area contributed by atoms with Crippen molar-refractivity contribution in [2.24, 2.45) is 9.98 Å². The van der Waals surface area contributed by atoms with Crippen LogP contribution in [0.2, 0.25) is 0 Å². The minimum Gasteiger partial charge on any atom is -0.465 e. The lowest BCUT2D eigenvalue weighted by Gasteiger charge is -2.04. The summed E-state index contributed by atoms with van der Waals surface area (Å²) in [5.41, 5.74) is 0.776. The van der Waals surface area contributed by atoms with Crippen LogP contribution in [0.4, 0.5) is 5.82 Å². The van der Waals surface area contributed by atoms with Gasteiger partial charge in [0.15, 0.2) is 5.82 Å². The van der Waals surface area contributed by atoms with Crippen LogP contribution >= 0.6 is 0 Å². The van der Waals surface area contributed by atoms with Crippen molar-refractivity contribution < 1.29 is 9.53 Å². The molecule has 6 heteroatoms. The number of carbonyl (C=O) groups is 1. The number of aliphatic imine (C=N–C) groups is 1. The number of fused-ring (bicyclic) bond motifs is 2. The van der Waals surface area contributed by atoms with E-state index in [2.05, 4.69) is 20.0 Å². The molecular formula is C20H14N4O2. The van der Waals surface area contributed by atoms with Crippen LogP contribution in [0.3, 0.4) is 0 Å². The second kappa shape index (κ2) is 7.06. The van der Waals surface area contributed by atoms with Gasteiger partial charge in [0, 0.05) is 18.0 Å². The summed E-state index contributed by atoms with van der Waals surface area (Å²) in [5.74, 6) is 0.918. The van der Waals surface area contributed by atoms with Gasteiger partial charge in [0.05, 0.1) is 17.1 Å². The fourth-order valence-electron chi connectivity index (χ4n) is 2.59. The maximum Gasteiger partial charge on any atom is 0.249 e. The van der Waals surface area contributed by atoms with E-state index >= 15 is 0 Å². The van der Waals surface area contributed by atoms with Crippen molar-refractivity contribution in [3.05, 3.63) is 71.7 Å². The molecule has 0 unspecified atom stereocenters. The molecule has 1 aliphatic rings. The van der Waals surface area contributed by atoms with Gasteiger partial charge < -0.3 is 4.74 Å². The number of amides is 1. The van der Waals surface area contributed by atoms with Gasteiger partial charge in [-0.2, -0.15) is 0 Å². The first-order valence-electron chi connectivity index (χ1n) is 8.07. The van der Waals surface area contributed by atoms with Crippen LogP contribution in [0.15, 0.2) is 71.1 Å². The summed E-state index contributed by atoms with van der Waals surface area (Å²) >= 11 is 0. The molecule has 0 atom stereocenters. The lowest BCUT2D eigenvalue weighted by Crippen LogP contribution is -2.24. The molecule has 0 saturated carbocycles. The third-order valence-corrected chi connectivity index (χ3v) is 3.83. The lowest BCUT2D eigenvalue weighted by atomic mass is 10.2. The second-order valence-corrected chi connectivity index (χ2v) is 5.57. The van der Waals surface area contributed by atoms with Crippen LogP contribution in [-0.4, -0.2) is 22.1 Å². The van der Waals surface area contributed by atoms with Gasteiger partial charge in [-0.25, -0.2) is 20.0 Å². The minimum absolute atomic E-state index is 0.185. The Bertz CT molecular complexity index is 1170. The molecule has 126 valence electrons. The predicted octanol–water partition coefficient (Wildman–Crippen LogP) is 2.26. The average molecular weight is 342 g/mol. The maximum atomic E-state index is 11.9. The molecule has 4 rings (SSSR count). The van der Waals surface area contributed by atoms with E-state index in [-0.39, 0.29) is 12.3 Å². The van der Waals surface area contributed by atoms with Gasteiger partial charge >= 0.3 is 0 Å². The molecule has 1 amide bonds. The summed E-state index contributed by atoms with van der Waals surface area (Å²) in [6.07, 6.45) is 7.94. The number of hydrogen-bond acceptors (Lipinski definition) is 5. The van der Waals surface area contributed by atoms with Crippen molar-refractivity contribution in [2.75, 3.05) is 0 Å². The molecule has 1 aliphatic heterocycles. The van der Waals surface area contributed by atoms with Crippen LogP contribution in [0.1, 0.15) is 6.42 Å². The van der Waals surface area contributed by atoms with Crippen LogP contribution < -0.4 is 15.3 Å². The van der Waals surface area contributed by atoms with E-state index in [9.17, 15) is 4.79 Å². The van der Waals surface area contributed by atoms with Gasteiger partial charge in [0.25, 0.3) is 0 Å². The third kappa shape index (κ3) is 3.39. The zero-order valence-corrected chi connectivity index (χ0v) is 13.7. The summed E-state index contributed by atoms with van der Waals surface area (Å²) in [5, 5.41) is 2.36. The molecule has 0 radical (unpaired) electrons. The van der Waals surface area contributed by atoms with Crippen molar-refractivity contribution in [2.45, 2.75) is 6.42 Å². The highest BCUT2D eigenvalue weighted by atomic mass is 16.5. The molecule has 2 heterocycles. The van der Waals surface area contributed by atoms with E-state index in [1.54, 1.807) is 6.08 Å². The molecule has 26 heavy (non-hydrogen) atoms. The fourth-order valence-corrected chi connectivity index (χ4v) is 2.59. The molecule has 2 bridgehead atoms. The molecule has 1 aromatic heterocycles. The standard InChI is InChI=1S/C20H14N4O2/c25-19-9-6-14-4-1-2-5-17(14)24-20-16-12-15(26-11-3-10-21-19)7-8-18(16)22-13-23-20/h1-8,10-13H,9H2/b11-3+,14-6-,21-10+,24-17+. The molecule has 3 aromatic rings. The first-order valence-corrected chi connectivity index (χ1v) is 8.07. The summed E-state index contributed by atoms with van der Waals surface area (Å²) in [6, 6.07) is 13.1. The predicted molar refractivity (Wildman–Crippen MR) is 98.8 cm³/mol. The molecule has 0 fully saturated rings. The van der Waals surface area contributed by atoms with Crippen molar-refractivity contribution in [1.29, 1.82) is 0 Å². The SMILES string of the molecule is O=C1C/C=c2/cccc/c2=N\c2ncnc3ccc(cc23)O/C=C/C=N/1. The Labute approximate surface area is 148 Å². The summed E-state index contributed by atoms with van der Waals surface area (Å²) in [6.45, 7) is 0. The highest BCUT2D eigenvalue weighted by molar-refractivity contribution is 5.91. The number of benzene rings is 2. The van der Waals surface area contributed by atoms with Gasteiger partial charge in [-0.05, 0) is 35.6 Å². The first-order chi connectivity index (χ1) is 12.8. The van der Waals surface area contributed by atoms with Crippen molar-refractivity contribution in [1.82, 2.24) is 9.97 Å². The molecule has 0 saturated heterocycles. The molecule has 0 spiro atoms. The Kier molecular flexibility index (Phi) is 4.30. The number of rotatable bonds is 0. The van der Waals surface area contributed by atoms with Crippen LogP contribution in [-0.2, 0) is 4.79 Å². The molecule has 2 aromatic carbocycles. The zero-order valence-electron chi connectivity index (χ0n) is 13.7. The highest BCUT2D eigenvalue weighted by Crippen LogP contribution is 2.25. The van der Waals surface area contributed by atoms with E-state index in [0.717, 1.165) is 21.5 Å². The van der Waals surface area contributed by atoms with E-state index < -0.39 is 0 Å². The summed E-state index contributed by atoms with van der Waals surface area (Å²) in [4.78, 5) is 29.0.